The van der Waals surface area contributed by atoms with Crippen LogP contribution < -0.4 is 5.43 Å². The Balaban J connectivity index is 2.95. The summed E-state index contributed by atoms with van der Waals surface area (Å²) in [5, 5.41) is 3.61. The molecule has 4 heteroatoms. The molecule has 0 aromatic heterocycles. The Morgan fingerprint density at radius 2 is 2.45 bits per heavy atom. The number of aliphatic imine (C=N–C) groups is 1. The van der Waals surface area contributed by atoms with E-state index < -0.39 is 0 Å². The van der Waals surface area contributed by atoms with E-state index >= 15 is 0 Å². The van der Waals surface area contributed by atoms with E-state index in [9.17, 15) is 4.79 Å². The zero-order valence-corrected chi connectivity index (χ0v) is 5.82. The van der Waals surface area contributed by atoms with Crippen LogP contribution in [0.15, 0.2) is 34.5 Å². The molecule has 0 saturated carbocycles. The third kappa shape index (κ3) is 1.86. The molecule has 0 aromatic rings. The van der Waals surface area contributed by atoms with Crippen LogP contribution in [0.25, 0.3) is 0 Å². The van der Waals surface area contributed by atoms with Crippen molar-refractivity contribution in [3.63, 3.8) is 0 Å². The number of aldehydes is 1. The van der Waals surface area contributed by atoms with E-state index in [-0.39, 0.29) is 0 Å². The van der Waals surface area contributed by atoms with E-state index in [4.69, 9.17) is 0 Å². The molecule has 0 saturated heterocycles. The summed E-state index contributed by atoms with van der Waals surface area (Å²) < 4.78 is 0. The molecule has 1 heterocycles. The van der Waals surface area contributed by atoms with Gasteiger partial charge in [-0.15, -0.1) is 0 Å². The quantitative estimate of drug-likeness (QED) is 0.543. The molecule has 0 unspecified atom stereocenters. The number of hydrazone groups is 1. The Morgan fingerprint density at radius 3 is 3.18 bits per heavy atom. The highest BCUT2D eigenvalue weighted by Crippen LogP contribution is 1.95. The minimum atomic E-state index is 0.298. The predicted octanol–water partition coefficient (Wildman–Crippen LogP) is 0.243. The van der Waals surface area contributed by atoms with E-state index in [2.05, 4.69) is 22.1 Å². The molecule has 0 fully saturated rings. The van der Waals surface area contributed by atoms with Crippen molar-refractivity contribution in [3.8, 4) is 0 Å². The number of nitrogens with zero attached hydrogens (tertiary/aromatic N) is 2. The molecular formula is C7H7N3O. The largest absolute Gasteiger partial charge is 0.296 e. The molecule has 0 amide bonds. The van der Waals surface area contributed by atoms with Crippen molar-refractivity contribution >= 4 is 18.3 Å². The van der Waals surface area contributed by atoms with Gasteiger partial charge in [0.1, 0.15) is 12.1 Å². The van der Waals surface area contributed by atoms with Gasteiger partial charge in [-0.05, 0) is 11.6 Å². The van der Waals surface area contributed by atoms with Gasteiger partial charge in [-0.1, -0.05) is 6.58 Å². The first-order valence-corrected chi connectivity index (χ1v) is 3.00. The molecule has 1 aliphatic rings. The molecule has 0 aromatic carbocycles. The van der Waals surface area contributed by atoms with Crippen LogP contribution in [0.5, 0.6) is 0 Å². The Morgan fingerprint density at radius 1 is 1.64 bits per heavy atom. The fourth-order valence-electron chi connectivity index (χ4n) is 0.580. The monoisotopic (exact) mass is 149 g/mol. The summed E-state index contributed by atoms with van der Waals surface area (Å²) >= 11 is 0. The van der Waals surface area contributed by atoms with Crippen LogP contribution in [0, 0.1) is 0 Å². The predicted molar refractivity (Wildman–Crippen MR) is 43.4 cm³/mol. The lowest BCUT2D eigenvalue weighted by Gasteiger charge is -1.98. The smallest absolute Gasteiger partial charge is 0.169 e. The van der Waals surface area contributed by atoms with E-state index in [0.717, 1.165) is 0 Å². The summed E-state index contributed by atoms with van der Waals surface area (Å²) in [5.74, 6) is 0. The molecule has 11 heavy (non-hydrogen) atoms. The van der Waals surface area contributed by atoms with Gasteiger partial charge in [0, 0.05) is 6.20 Å². The van der Waals surface area contributed by atoms with Crippen molar-refractivity contribution in [1.82, 2.24) is 5.43 Å². The van der Waals surface area contributed by atoms with Crippen LogP contribution >= 0.6 is 0 Å². The summed E-state index contributed by atoms with van der Waals surface area (Å²) in [6.45, 7) is 3.62. The number of hydrogen-bond donors (Lipinski definition) is 1. The first kappa shape index (κ1) is 7.40. The van der Waals surface area contributed by atoms with Gasteiger partial charge in [-0.2, -0.15) is 5.10 Å². The maximum absolute atomic E-state index is 10.3. The fraction of sp³-hybridized carbons (Fsp3) is 0. The molecule has 1 N–H and O–H groups in total. The first-order chi connectivity index (χ1) is 5.34. The van der Waals surface area contributed by atoms with E-state index in [0.29, 0.717) is 17.6 Å². The average molecular weight is 149 g/mol. The highest BCUT2D eigenvalue weighted by Gasteiger charge is 1.98. The molecular weight excluding hydrogens is 142 g/mol. The number of carbonyl (C=O) groups is 1. The van der Waals surface area contributed by atoms with Crippen LogP contribution in [0.3, 0.4) is 0 Å². The Hall–Kier alpha value is -1.71. The van der Waals surface area contributed by atoms with Gasteiger partial charge in [-0.25, -0.2) is 4.99 Å². The van der Waals surface area contributed by atoms with Crippen LogP contribution in [0.4, 0.5) is 0 Å². The van der Waals surface area contributed by atoms with Crippen LogP contribution in [-0.2, 0) is 4.79 Å². The van der Waals surface area contributed by atoms with Crippen molar-refractivity contribution in [2.24, 2.45) is 10.1 Å². The number of allylic oxidation sites excluding steroid dienone is 2. The van der Waals surface area contributed by atoms with Gasteiger partial charge < -0.3 is 0 Å². The molecule has 0 atom stereocenters. The first-order valence-electron chi connectivity index (χ1n) is 3.00. The molecule has 0 spiro atoms. The van der Waals surface area contributed by atoms with Gasteiger partial charge in [-0.3, -0.25) is 10.2 Å². The minimum Gasteiger partial charge on any atom is -0.296 e. The number of hydrogen-bond acceptors (Lipinski definition) is 4. The molecule has 0 radical (unpaired) electrons. The van der Waals surface area contributed by atoms with Gasteiger partial charge in [0.25, 0.3) is 0 Å². The molecule has 4 nitrogen and oxygen atoms in total. The minimum absolute atomic E-state index is 0.298. The Labute approximate surface area is 64.0 Å². The lowest BCUT2D eigenvalue weighted by Crippen LogP contribution is -2.06. The second-order valence-electron chi connectivity index (χ2n) is 1.86. The molecule has 1 rings (SSSR count). The standard InChI is InChI=1S/C7H7N3O/c1-6-2-3-9-10-5-8-7(6)4-11/h2-5,9H,1H2/b3-2-,8-7?,10-5-. The SMILES string of the molecule is C=C1/C=C\N/N=C\N=C1C=O. The summed E-state index contributed by atoms with van der Waals surface area (Å²) in [7, 11) is 0. The Bertz CT molecular complexity index is 263. The zero-order chi connectivity index (χ0) is 8.10. The summed E-state index contributed by atoms with van der Waals surface area (Å²) in [6.07, 6.45) is 5.11. The van der Waals surface area contributed by atoms with Crippen LogP contribution in [0.1, 0.15) is 0 Å². The molecule has 0 bridgehead atoms. The zero-order valence-electron chi connectivity index (χ0n) is 5.82. The van der Waals surface area contributed by atoms with Gasteiger partial charge in [0.05, 0.1) is 0 Å². The van der Waals surface area contributed by atoms with Crippen LogP contribution in [0.2, 0.25) is 0 Å². The van der Waals surface area contributed by atoms with E-state index in [1.54, 1.807) is 12.3 Å². The topological polar surface area (TPSA) is 53.8 Å². The lowest BCUT2D eigenvalue weighted by molar-refractivity contribution is -0.102. The van der Waals surface area contributed by atoms with Crippen molar-refractivity contribution < 1.29 is 4.79 Å². The van der Waals surface area contributed by atoms with E-state index in [1.807, 2.05) is 0 Å². The lowest BCUT2D eigenvalue weighted by atomic mass is 10.2. The van der Waals surface area contributed by atoms with Crippen LogP contribution in [-0.4, -0.2) is 18.3 Å². The van der Waals surface area contributed by atoms with Gasteiger partial charge in [0.2, 0.25) is 0 Å². The average Bonchev–Trinajstić information content (AvgIpc) is 1.98. The number of nitrogens with one attached hydrogen (secondary N) is 1. The third-order valence-corrected chi connectivity index (χ3v) is 1.13. The molecule has 0 aliphatic carbocycles. The normalized spacial score (nSPS) is 22.2. The molecule has 1 aliphatic heterocycles. The number of carbonyl (C=O) groups excluding carboxylic acids is 1. The van der Waals surface area contributed by atoms with Crippen molar-refractivity contribution in [2.45, 2.75) is 0 Å². The summed E-state index contributed by atoms with van der Waals surface area (Å²) in [5.41, 5.74) is 3.43. The highest BCUT2D eigenvalue weighted by molar-refractivity contribution is 6.38. The highest BCUT2D eigenvalue weighted by atomic mass is 16.1. The van der Waals surface area contributed by atoms with Crippen molar-refractivity contribution in [3.05, 3.63) is 24.4 Å². The van der Waals surface area contributed by atoms with E-state index in [1.165, 1.54) is 6.34 Å². The van der Waals surface area contributed by atoms with Crippen molar-refractivity contribution in [1.29, 1.82) is 0 Å². The summed E-state index contributed by atoms with van der Waals surface area (Å²) in [6, 6.07) is 0. The fourth-order valence-corrected chi connectivity index (χ4v) is 0.580. The second-order valence-corrected chi connectivity index (χ2v) is 1.86. The number of rotatable bonds is 1. The van der Waals surface area contributed by atoms with Gasteiger partial charge in [0.15, 0.2) is 6.29 Å². The maximum Gasteiger partial charge on any atom is 0.169 e. The third-order valence-electron chi connectivity index (χ3n) is 1.13. The second kappa shape index (κ2) is 3.46. The summed E-state index contributed by atoms with van der Waals surface area (Å²) in [4.78, 5) is 14.1. The van der Waals surface area contributed by atoms with Crippen molar-refractivity contribution in [2.75, 3.05) is 0 Å². The Kier molecular flexibility index (Phi) is 2.32. The maximum atomic E-state index is 10.3. The van der Waals surface area contributed by atoms with Gasteiger partial charge >= 0.3 is 0 Å². The molecule has 56 valence electrons.